The molecule has 2 aliphatic rings. The van der Waals surface area contributed by atoms with Crippen molar-refractivity contribution in [3.05, 3.63) is 29.6 Å². The van der Waals surface area contributed by atoms with Crippen LogP contribution in [0.5, 0.6) is 5.75 Å². The van der Waals surface area contributed by atoms with E-state index in [0.29, 0.717) is 18.9 Å². The molecule has 2 amide bonds. The lowest BCUT2D eigenvalue weighted by atomic mass is 10.0. The number of hydrogen-bond donors (Lipinski definition) is 2. The Bertz CT molecular complexity index is 625. The van der Waals surface area contributed by atoms with E-state index in [-0.39, 0.29) is 17.9 Å². The Morgan fingerprint density at radius 3 is 3.04 bits per heavy atom. The van der Waals surface area contributed by atoms with Gasteiger partial charge in [0.1, 0.15) is 11.6 Å². The number of amides is 2. The van der Waals surface area contributed by atoms with Crippen molar-refractivity contribution in [2.75, 3.05) is 32.8 Å². The molecule has 1 saturated heterocycles. The second-order valence-corrected chi connectivity index (χ2v) is 7.88. The number of likely N-dealkylation sites (tertiary alicyclic amines) is 1. The zero-order valence-corrected chi connectivity index (χ0v) is 16.3. The molecule has 2 atom stereocenters. The van der Waals surface area contributed by atoms with Gasteiger partial charge in [0.25, 0.3) is 0 Å². The van der Waals surface area contributed by atoms with Crippen LogP contribution in [0.25, 0.3) is 0 Å². The fourth-order valence-electron chi connectivity index (χ4n) is 4.06. The van der Waals surface area contributed by atoms with E-state index in [1.165, 1.54) is 38.1 Å². The third-order valence-electron chi connectivity index (χ3n) is 5.48. The molecule has 2 heterocycles. The van der Waals surface area contributed by atoms with Crippen molar-refractivity contribution in [3.8, 4) is 5.75 Å². The van der Waals surface area contributed by atoms with Gasteiger partial charge in [-0.3, -0.25) is 0 Å². The molecular formula is C21H32FN3O2. The zero-order valence-electron chi connectivity index (χ0n) is 16.3. The predicted octanol–water partition coefficient (Wildman–Crippen LogP) is 3.85. The topological polar surface area (TPSA) is 53.6 Å². The van der Waals surface area contributed by atoms with Crippen molar-refractivity contribution in [1.29, 1.82) is 0 Å². The average molecular weight is 378 g/mol. The molecule has 150 valence electrons. The second-order valence-electron chi connectivity index (χ2n) is 7.88. The quantitative estimate of drug-likeness (QED) is 0.741. The van der Waals surface area contributed by atoms with Crippen LogP contribution in [0.2, 0.25) is 0 Å². The van der Waals surface area contributed by atoms with Gasteiger partial charge in [-0.25, -0.2) is 9.18 Å². The van der Waals surface area contributed by atoms with E-state index in [9.17, 15) is 9.18 Å². The van der Waals surface area contributed by atoms with E-state index in [0.717, 1.165) is 43.7 Å². The lowest BCUT2D eigenvalue weighted by Gasteiger charge is -2.30. The molecular weight excluding hydrogens is 345 g/mol. The van der Waals surface area contributed by atoms with Gasteiger partial charge in [-0.1, -0.05) is 6.92 Å². The summed E-state index contributed by atoms with van der Waals surface area (Å²) < 4.78 is 19.3. The minimum Gasteiger partial charge on any atom is -0.493 e. The summed E-state index contributed by atoms with van der Waals surface area (Å²) in [6, 6.07) is 4.09. The number of ether oxygens (including phenoxy) is 1. The normalized spacial score (nSPS) is 23.0. The summed E-state index contributed by atoms with van der Waals surface area (Å²) in [5.41, 5.74) is 0.724. The first-order valence-electron chi connectivity index (χ1n) is 10.3. The lowest BCUT2D eigenvalue weighted by molar-refractivity contribution is 0.181. The first-order chi connectivity index (χ1) is 13.1. The third kappa shape index (κ3) is 6.09. The van der Waals surface area contributed by atoms with Crippen molar-refractivity contribution in [2.45, 2.75) is 51.5 Å². The molecule has 2 aliphatic heterocycles. The van der Waals surface area contributed by atoms with Gasteiger partial charge in [0.15, 0.2) is 0 Å². The molecule has 0 radical (unpaired) electrons. The maximum absolute atomic E-state index is 13.6. The number of urea groups is 1. The number of piperidine rings is 1. The van der Waals surface area contributed by atoms with E-state index in [1.807, 2.05) is 0 Å². The van der Waals surface area contributed by atoms with E-state index in [2.05, 4.69) is 22.5 Å². The molecule has 0 aliphatic carbocycles. The fourth-order valence-corrected chi connectivity index (χ4v) is 4.06. The maximum Gasteiger partial charge on any atom is 0.315 e. The summed E-state index contributed by atoms with van der Waals surface area (Å²) in [7, 11) is 0. The molecule has 6 heteroatoms. The summed E-state index contributed by atoms with van der Waals surface area (Å²) in [4.78, 5) is 14.8. The Balaban J connectivity index is 1.39. The standard InChI is InChI=1S/C21H32FN3O2/c1-16-6-4-12-25(15-16)11-3-2-10-23-21(26)24-19-7-5-13-27-20-9-8-17(22)14-18(19)20/h8-9,14,16,19H,2-7,10-13,15H2,1H3,(H2,23,24,26)/t16-,19-/m1/s1. The van der Waals surface area contributed by atoms with Crippen LogP contribution in [-0.4, -0.2) is 43.7 Å². The second kappa shape index (κ2) is 9.93. The number of unbranched alkanes of at least 4 members (excludes halogenated alkanes) is 1. The molecule has 27 heavy (non-hydrogen) atoms. The Kier molecular flexibility index (Phi) is 7.33. The number of benzene rings is 1. The Morgan fingerprint density at radius 2 is 2.19 bits per heavy atom. The number of halogens is 1. The third-order valence-corrected chi connectivity index (χ3v) is 5.48. The van der Waals surface area contributed by atoms with Crippen molar-refractivity contribution in [1.82, 2.24) is 15.5 Å². The van der Waals surface area contributed by atoms with E-state index >= 15 is 0 Å². The first kappa shape index (κ1) is 19.9. The van der Waals surface area contributed by atoms with Crippen LogP contribution in [0, 0.1) is 11.7 Å². The van der Waals surface area contributed by atoms with Crippen molar-refractivity contribution in [2.24, 2.45) is 5.92 Å². The van der Waals surface area contributed by atoms with Crippen molar-refractivity contribution < 1.29 is 13.9 Å². The highest BCUT2D eigenvalue weighted by Crippen LogP contribution is 2.31. The van der Waals surface area contributed by atoms with Crippen LogP contribution in [0.4, 0.5) is 9.18 Å². The molecule has 5 nitrogen and oxygen atoms in total. The van der Waals surface area contributed by atoms with Crippen LogP contribution in [0.1, 0.15) is 57.1 Å². The molecule has 0 spiro atoms. The largest absolute Gasteiger partial charge is 0.493 e. The SMILES string of the molecule is C[C@@H]1CCCN(CCCCNC(=O)N[C@@H]2CCCOc3ccc(F)cc32)C1. The lowest BCUT2D eigenvalue weighted by Crippen LogP contribution is -2.39. The monoisotopic (exact) mass is 377 g/mol. The molecule has 2 N–H and O–H groups in total. The molecule has 0 unspecified atom stereocenters. The van der Waals surface area contributed by atoms with Crippen LogP contribution in [-0.2, 0) is 0 Å². The number of nitrogens with zero attached hydrogens (tertiary/aromatic N) is 1. The van der Waals surface area contributed by atoms with Gasteiger partial charge in [-0.05, 0) is 75.7 Å². The summed E-state index contributed by atoms with van der Waals surface area (Å²) in [6.45, 7) is 7.09. The maximum atomic E-state index is 13.6. The smallest absolute Gasteiger partial charge is 0.315 e. The van der Waals surface area contributed by atoms with Gasteiger partial charge in [0, 0.05) is 18.7 Å². The van der Waals surface area contributed by atoms with Gasteiger partial charge >= 0.3 is 6.03 Å². The highest BCUT2D eigenvalue weighted by atomic mass is 19.1. The van der Waals surface area contributed by atoms with Gasteiger partial charge in [0.2, 0.25) is 0 Å². The Hall–Kier alpha value is -1.82. The number of hydrogen-bond acceptors (Lipinski definition) is 3. The summed E-state index contributed by atoms with van der Waals surface area (Å²) in [5, 5.41) is 5.92. The van der Waals surface area contributed by atoms with Crippen LogP contribution < -0.4 is 15.4 Å². The molecule has 0 aromatic heterocycles. The highest BCUT2D eigenvalue weighted by molar-refractivity contribution is 5.74. The van der Waals surface area contributed by atoms with Crippen molar-refractivity contribution in [3.63, 3.8) is 0 Å². The van der Waals surface area contributed by atoms with Gasteiger partial charge in [-0.15, -0.1) is 0 Å². The van der Waals surface area contributed by atoms with Crippen LogP contribution in [0.15, 0.2) is 18.2 Å². The van der Waals surface area contributed by atoms with E-state index in [1.54, 1.807) is 6.07 Å². The van der Waals surface area contributed by atoms with E-state index < -0.39 is 0 Å². The molecule has 1 aromatic rings. The zero-order chi connectivity index (χ0) is 19.1. The van der Waals surface area contributed by atoms with Crippen LogP contribution in [0.3, 0.4) is 0 Å². The predicted molar refractivity (Wildman–Crippen MR) is 104 cm³/mol. The van der Waals surface area contributed by atoms with Crippen LogP contribution >= 0.6 is 0 Å². The number of carbonyl (C=O) groups excluding carboxylic acids is 1. The minimum atomic E-state index is -0.307. The van der Waals surface area contributed by atoms with Crippen molar-refractivity contribution >= 4 is 6.03 Å². The Morgan fingerprint density at radius 1 is 1.30 bits per heavy atom. The number of carbonyl (C=O) groups is 1. The molecule has 0 bridgehead atoms. The average Bonchev–Trinajstić information content (AvgIpc) is 2.84. The molecule has 1 aromatic carbocycles. The fraction of sp³-hybridized carbons (Fsp3) is 0.667. The summed E-state index contributed by atoms with van der Waals surface area (Å²) >= 11 is 0. The number of fused-ring (bicyclic) bond motifs is 1. The van der Waals surface area contributed by atoms with Gasteiger partial charge < -0.3 is 20.3 Å². The first-order valence-corrected chi connectivity index (χ1v) is 10.3. The summed E-state index contributed by atoms with van der Waals surface area (Å²) in [6.07, 6.45) is 6.29. The molecule has 0 saturated carbocycles. The minimum absolute atomic E-state index is 0.191. The van der Waals surface area contributed by atoms with Gasteiger partial charge in [0.05, 0.1) is 12.6 Å². The number of rotatable bonds is 6. The Labute approximate surface area is 161 Å². The molecule has 3 rings (SSSR count). The van der Waals surface area contributed by atoms with Gasteiger partial charge in [-0.2, -0.15) is 0 Å². The summed E-state index contributed by atoms with van der Waals surface area (Å²) in [5.74, 6) is 1.16. The highest BCUT2D eigenvalue weighted by Gasteiger charge is 2.22. The number of nitrogens with one attached hydrogen (secondary N) is 2. The van der Waals surface area contributed by atoms with E-state index in [4.69, 9.17) is 4.74 Å². The molecule has 1 fully saturated rings.